The third-order valence-corrected chi connectivity index (χ3v) is 25.5. The molecule has 0 spiro atoms. The van der Waals surface area contributed by atoms with Crippen LogP contribution in [-0.2, 0) is 0 Å². The predicted molar refractivity (Wildman–Crippen MR) is 221 cm³/mol. The number of hydrogen-bond acceptors (Lipinski definition) is 0. The van der Waals surface area contributed by atoms with Crippen LogP contribution in [0.5, 0.6) is 0 Å². The Hall–Kier alpha value is -3.95. The van der Waals surface area contributed by atoms with Gasteiger partial charge in [0.25, 0.3) is 0 Å². The summed E-state index contributed by atoms with van der Waals surface area (Å²) in [7, 11) is 0. The molecule has 0 N–H and O–H groups in total. The molecule has 0 bridgehead atoms. The number of hydrogen-bond donors (Lipinski definition) is 0. The van der Waals surface area contributed by atoms with Gasteiger partial charge in [-0.15, -0.1) is 0 Å². The summed E-state index contributed by atoms with van der Waals surface area (Å²) in [6, 6.07) is 77.1. The minimum atomic E-state index is -2.38. The lowest BCUT2D eigenvalue weighted by molar-refractivity contribution is 1.66. The fourth-order valence-electron chi connectivity index (χ4n) is 7.35. The molecule has 232 valence electrons. The second-order valence-electron chi connectivity index (χ2n) is 11.8. The first kappa shape index (κ1) is 31.3. The summed E-state index contributed by atoms with van der Waals surface area (Å²) in [5.41, 5.74) is 2.74. The van der Waals surface area contributed by atoms with Gasteiger partial charge in [-0.3, -0.25) is 0 Å². The third-order valence-electron chi connectivity index (χ3n) is 9.28. The molecule has 4 heteroatoms. The Balaban J connectivity index is 1.68. The molecule has 0 nitrogen and oxygen atoms in total. The lowest BCUT2D eigenvalue weighted by Gasteiger charge is -2.35. The molecule has 0 amide bonds. The van der Waals surface area contributed by atoms with Gasteiger partial charge < -0.3 is 0 Å². The zero-order chi connectivity index (χ0) is 32.4. The smallest absolute Gasteiger partial charge is 0.0300 e. The van der Waals surface area contributed by atoms with Crippen molar-refractivity contribution in [3.8, 4) is 0 Å². The Labute approximate surface area is 293 Å². The number of rotatable bonds is 6. The van der Waals surface area contributed by atoms with Crippen molar-refractivity contribution in [2.45, 2.75) is 0 Å². The summed E-state index contributed by atoms with van der Waals surface area (Å²) in [4.78, 5) is 0. The maximum atomic E-state index is 4.65. The van der Waals surface area contributed by atoms with E-state index in [2.05, 4.69) is 222 Å². The minimum Gasteiger partial charge on any atom is -0.0622 e. The van der Waals surface area contributed by atoms with E-state index in [1.54, 1.807) is 0 Å². The van der Waals surface area contributed by atoms with E-state index in [1.165, 1.54) is 53.0 Å². The van der Waals surface area contributed by atoms with Crippen LogP contribution in [-0.4, -0.2) is 10.1 Å². The quantitative estimate of drug-likeness (QED) is 0.150. The Bertz CT molecular complexity index is 1910. The van der Waals surface area contributed by atoms with Gasteiger partial charge in [-0.05, 0) is 72.2 Å². The summed E-state index contributed by atoms with van der Waals surface area (Å²) >= 11 is 4.65. The first-order chi connectivity index (χ1) is 23.8. The largest absolute Gasteiger partial charge is 0.0622 e. The van der Waals surface area contributed by atoms with Crippen molar-refractivity contribution in [1.82, 2.24) is 0 Å². The molecule has 1 aliphatic heterocycles. The van der Waals surface area contributed by atoms with Gasteiger partial charge in [0.2, 0.25) is 0 Å². The molecule has 0 unspecified atom stereocenters. The van der Waals surface area contributed by atoms with Gasteiger partial charge in [0.05, 0.1) is 0 Å². The second-order valence-corrected chi connectivity index (χ2v) is 22.8. The van der Waals surface area contributed by atoms with Crippen LogP contribution in [0.15, 0.2) is 206 Å². The van der Waals surface area contributed by atoms with Crippen molar-refractivity contribution in [3.05, 3.63) is 217 Å². The molecular weight excluding hydrogens is 701 g/mol. The number of benzene rings is 7. The van der Waals surface area contributed by atoms with Crippen molar-refractivity contribution in [2.75, 3.05) is 0 Å². The molecule has 0 saturated carbocycles. The number of fused-ring (bicyclic) bond motifs is 1. The highest BCUT2D eigenvalue weighted by Gasteiger charge is 2.45. The van der Waals surface area contributed by atoms with E-state index < -0.39 is 20.4 Å². The average molecular weight is 736 g/mol. The molecule has 0 atom stereocenters. The predicted octanol–water partition coefficient (Wildman–Crippen LogP) is 9.44. The normalized spacial score (nSPS) is 13.4. The molecule has 0 saturated heterocycles. The van der Waals surface area contributed by atoms with Gasteiger partial charge >= 0.3 is 0 Å². The van der Waals surface area contributed by atoms with Crippen molar-refractivity contribution in [2.24, 2.45) is 0 Å². The van der Waals surface area contributed by atoms with Crippen LogP contribution in [0.1, 0.15) is 11.1 Å². The van der Waals surface area contributed by atoms with Crippen molar-refractivity contribution < 1.29 is 0 Å². The second kappa shape index (κ2) is 13.5. The first-order valence-electron chi connectivity index (χ1n) is 16.2. The summed E-state index contributed by atoms with van der Waals surface area (Å²) in [5.74, 6) is 0. The van der Waals surface area contributed by atoms with Gasteiger partial charge in [-0.1, -0.05) is 206 Å². The van der Waals surface area contributed by atoms with E-state index in [1.807, 2.05) is 0 Å². The third kappa shape index (κ3) is 5.00. The van der Waals surface area contributed by atoms with Crippen molar-refractivity contribution in [1.29, 1.82) is 0 Å². The summed E-state index contributed by atoms with van der Waals surface area (Å²) in [6.07, 6.45) is 0. The Morgan fingerprint density at radius 2 is 0.458 bits per heavy atom. The average Bonchev–Trinajstić information content (AvgIpc) is 3.47. The van der Waals surface area contributed by atoms with Gasteiger partial charge in [0.15, 0.2) is 0 Å². The van der Waals surface area contributed by atoms with Crippen LogP contribution >= 0.6 is 35.9 Å². The van der Waals surface area contributed by atoms with Gasteiger partial charge in [0, 0.05) is 16.7 Å². The Morgan fingerprint density at radius 1 is 0.271 bits per heavy atom. The zero-order valence-electron chi connectivity index (χ0n) is 26.3. The van der Waals surface area contributed by atoms with Crippen LogP contribution in [0.2, 0.25) is 0 Å². The van der Waals surface area contributed by atoms with E-state index in [-0.39, 0.29) is 0 Å². The molecule has 7 aromatic rings. The molecule has 0 fully saturated rings. The van der Waals surface area contributed by atoms with Crippen LogP contribution in [0.25, 0.3) is 0 Å². The SMILES string of the molecule is BrP1C(=P(c2ccccc2)(c2ccccc2)c2ccccc2)c2ccccc2C1=P(c1ccccc1)(c1ccccc1)c1ccccc1. The molecule has 7 aromatic carbocycles. The molecule has 1 heterocycles. The van der Waals surface area contributed by atoms with E-state index in [0.29, 0.717) is 0 Å². The molecule has 0 aliphatic carbocycles. The van der Waals surface area contributed by atoms with E-state index >= 15 is 0 Å². The fraction of sp³-hybridized carbons (Fsp3) is 0. The van der Waals surface area contributed by atoms with Crippen molar-refractivity contribution >= 4 is 77.8 Å². The summed E-state index contributed by atoms with van der Waals surface area (Å²) in [5, 5.41) is 11.3. The first-order valence-corrected chi connectivity index (χ1v) is 23.1. The summed E-state index contributed by atoms with van der Waals surface area (Å²) in [6.45, 7) is -5.74. The molecule has 0 aromatic heterocycles. The topological polar surface area (TPSA) is 0 Å². The van der Waals surface area contributed by atoms with E-state index in [0.717, 1.165) is 0 Å². The Kier molecular flexibility index (Phi) is 8.82. The fourth-order valence-corrected chi connectivity index (χ4v) is 26.9. The highest BCUT2D eigenvalue weighted by atomic mass is 79.9. The zero-order valence-corrected chi connectivity index (χ0v) is 30.6. The molecule has 0 radical (unpaired) electrons. The molecule has 8 rings (SSSR count). The van der Waals surface area contributed by atoms with Gasteiger partial charge in [-0.25, -0.2) is 0 Å². The highest BCUT2D eigenvalue weighted by Crippen LogP contribution is 2.71. The lowest BCUT2D eigenvalue weighted by Crippen LogP contribution is -2.30. The van der Waals surface area contributed by atoms with E-state index in [9.17, 15) is 0 Å². The van der Waals surface area contributed by atoms with Crippen LogP contribution in [0.4, 0.5) is 0 Å². The monoisotopic (exact) mass is 734 g/mol. The molecular formula is C44H34BrP3. The highest BCUT2D eigenvalue weighted by molar-refractivity contribution is 9.43. The maximum Gasteiger partial charge on any atom is 0.0300 e. The maximum absolute atomic E-state index is 4.65. The lowest BCUT2D eigenvalue weighted by atomic mass is 10.1. The van der Waals surface area contributed by atoms with Crippen LogP contribution in [0, 0.1) is 0 Å². The van der Waals surface area contributed by atoms with E-state index in [4.69, 9.17) is 0 Å². The van der Waals surface area contributed by atoms with Crippen LogP contribution in [0.3, 0.4) is 0 Å². The van der Waals surface area contributed by atoms with Crippen LogP contribution < -0.4 is 31.8 Å². The molecule has 1 aliphatic rings. The molecule has 48 heavy (non-hydrogen) atoms. The van der Waals surface area contributed by atoms with Crippen molar-refractivity contribution in [3.63, 3.8) is 0 Å². The Morgan fingerprint density at radius 3 is 0.667 bits per heavy atom. The van der Waals surface area contributed by atoms with Gasteiger partial charge in [-0.2, -0.15) is 0 Å². The standard InChI is InChI=1S/C44H34BrP3/c45-46-43(47(35-21-7-1-8-22-35,36-23-9-2-10-24-36)37-25-11-3-12-26-37)41-33-19-20-34-42(41)44(46)48(38-27-13-4-14-28-38,39-29-15-5-16-30-39)40-31-17-6-18-32-40/h1-34H. The summed E-state index contributed by atoms with van der Waals surface area (Å²) < 4.78 is 0. The van der Waals surface area contributed by atoms with Gasteiger partial charge in [0.1, 0.15) is 0 Å². The minimum absolute atomic E-state index is 0.992. The number of halogens is 1.